The molecule has 1 aliphatic heterocycles. The summed E-state index contributed by atoms with van der Waals surface area (Å²) in [6.45, 7) is 5.13. The molecule has 7 nitrogen and oxygen atoms in total. The fourth-order valence-corrected chi connectivity index (χ4v) is 5.65. The van der Waals surface area contributed by atoms with Crippen LogP contribution in [0, 0.1) is 24.4 Å². The first-order chi connectivity index (χ1) is 19.8. The molecule has 3 heterocycles. The zero-order valence-electron chi connectivity index (χ0n) is 23.1. The summed E-state index contributed by atoms with van der Waals surface area (Å²) in [4.78, 5) is 21.6. The van der Waals surface area contributed by atoms with Crippen LogP contribution < -0.4 is 4.74 Å². The van der Waals surface area contributed by atoms with Gasteiger partial charge in [-0.25, -0.2) is 22.7 Å². The molecule has 1 aliphatic rings. The maximum absolute atomic E-state index is 14.3. The second-order valence-electron chi connectivity index (χ2n) is 10.4. The van der Waals surface area contributed by atoms with E-state index in [-0.39, 0.29) is 47.7 Å². The average molecular weight is 592 g/mol. The first-order valence-electron chi connectivity index (χ1n) is 13.1. The summed E-state index contributed by atoms with van der Waals surface area (Å²) < 4.78 is 90.4. The number of aromatic nitrogens is 3. The normalized spacial score (nSPS) is 18.1. The second kappa shape index (κ2) is 10.9. The van der Waals surface area contributed by atoms with Gasteiger partial charge in [-0.05, 0) is 51.1 Å². The number of piperazine rings is 1. The molecule has 1 fully saturated rings. The van der Waals surface area contributed by atoms with Crippen molar-refractivity contribution in [3.8, 4) is 17.0 Å². The summed E-state index contributed by atoms with van der Waals surface area (Å²) in [5.74, 6) is -3.39. The van der Waals surface area contributed by atoms with Gasteiger partial charge in [-0.15, -0.1) is 0 Å². The number of methoxy groups -OCH3 is 1. The molecule has 0 N–H and O–H groups in total. The highest BCUT2D eigenvalue weighted by atomic mass is 19.4. The standard InChI is InChI=1S/C29H27F6N5O2/c1-15-12-38(14-19-9-20(30)10-23(31)24(19)32)13-16(2)39(15)28(41)22-11-36-40-26(29(33,34)35)17(3)25(37-27(22)40)18-5-7-21(42-4)8-6-18/h5-11,15-16H,12-14H2,1-4H3/t15-,16-/m1/s1. The Balaban J connectivity index is 1.50. The molecule has 222 valence electrons. The Morgan fingerprint density at radius 2 is 1.69 bits per heavy atom. The first-order valence-corrected chi connectivity index (χ1v) is 13.1. The lowest BCUT2D eigenvalue weighted by atomic mass is 10.0. The minimum atomic E-state index is -4.79. The minimum absolute atomic E-state index is 0.0438. The summed E-state index contributed by atoms with van der Waals surface area (Å²) in [6.07, 6.45) is -3.72. The molecule has 0 aliphatic carbocycles. The summed E-state index contributed by atoms with van der Waals surface area (Å²) in [5.41, 5.74) is -1.27. The fourth-order valence-electron chi connectivity index (χ4n) is 5.65. The van der Waals surface area contributed by atoms with E-state index in [4.69, 9.17) is 4.74 Å². The molecule has 2 atom stereocenters. The number of hydrogen-bond donors (Lipinski definition) is 0. The summed E-state index contributed by atoms with van der Waals surface area (Å²) in [6, 6.07) is 6.80. The number of benzene rings is 2. The van der Waals surface area contributed by atoms with Gasteiger partial charge in [-0.1, -0.05) is 0 Å². The minimum Gasteiger partial charge on any atom is -0.497 e. The third-order valence-corrected chi connectivity index (χ3v) is 7.44. The quantitative estimate of drug-likeness (QED) is 0.214. The molecule has 0 saturated carbocycles. The van der Waals surface area contributed by atoms with Crippen molar-refractivity contribution in [2.75, 3.05) is 20.2 Å². The second-order valence-corrected chi connectivity index (χ2v) is 10.4. The maximum Gasteiger partial charge on any atom is 0.433 e. The van der Waals surface area contributed by atoms with E-state index in [9.17, 15) is 31.1 Å². The summed E-state index contributed by atoms with van der Waals surface area (Å²) in [5, 5.41) is 3.91. The van der Waals surface area contributed by atoms with Crippen LogP contribution in [0.2, 0.25) is 0 Å². The van der Waals surface area contributed by atoms with Gasteiger partial charge in [0.05, 0.1) is 19.0 Å². The van der Waals surface area contributed by atoms with E-state index < -0.39 is 47.3 Å². The zero-order chi connectivity index (χ0) is 30.5. The summed E-state index contributed by atoms with van der Waals surface area (Å²) >= 11 is 0. The van der Waals surface area contributed by atoms with Crippen LogP contribution >= 0.6 is 0 Å². The Hall–Kier alpha value is -4.13. The molecule has 0 unspecified atom stereocenters. The Bertz CT molecular complexity index is 1640. The lowest BCUT2D eigenvalue weighted by Crippen LogP contribution is -2.58. The zero-order valence-corrected chi connectivity index (χ0v) is 23.1. The number of carbonyl (C=O) groups excluding carboxylic acids is 1. The van der Waals surface area contributed by atoms with Crippen LogP contribution in [-0.2, 0) is 12.7 Å². The number of ether oxygens (including phenoxy) is 1. The number of alkyl halides is 3. The van der Waals surface area contributed by atoms with Crippen LogP contribution in [0.3, 0.4) is 0 Å². The highest BCUT2D eigenvalue weighted by Crippen LogP contribution is 2.37. The van der Waals surface area contributed by atoms with Gasteiger partial charge in [0.2, 0.25) is 0 Å². The molecule has 42 heavy (non-hydrogen) atoms. The number of nitrogens with zero attached hydrogens (tertiary/aromatic N) is 5. The van der Waals surface area contributed by atoms with Gasteiger partial charge in [0.15, 0.2) is 23.0 Å². The monoisotopic (exact) mass is 591 g/mol. The van der Waals surface area contributed by atoms with E-state index in [0.717, 1.165) is 12.3 Å². The Morgan fingerprint density at radius 1 is 1.05 bits per heavy atom. The van der Waals surface area contributed by atoms with Crippen molar-refractivity contribution in [1.82, 2.24) is 24.4 Å². The van der Waals surface area contributed by atoms with Crippen molar-refractivity contribution in [3.05, 3.63) is 82.4 Å². The van der Waals surface area contributed by atoms with Gasteiger partial charge >= 0.3 is 6.18 Å². The number of amides is 1. The van der Waals surface area contributed by atoms with Crippen molar-refractivity contribution in [2.24, 2.45) is 0 Å². The van der Waals surface area contributed by atoms with Crippen LogP contribution in [-0.4, -0.2) is 62.6 Å². The van der Waals surface area contributed by atoms with E-state index in [2.05, 4.69) is 10.1 Å². The smallest absolute Gasteiger partial charge is 0.433 e. The van der Waals surface area contributed by atoms with Crippen LogP contribution in [0.5, 0.6) is 5.75 Å². The van der Waals surface area contributed by atoms with Crippen LogP contribution in [0.1, 0.15) is 41.0 Å². The van der Waals surface area contributed by atoms with Crippen molar-refractivity contribution >= 4 is 11.6 Å². The van der Waals surface area contributed by atoms with Crippen molar-refractivity contribution in [1.29, 1.82) is 0 Å². The molecular weight excluding hydrogens is 564 g/mol. The molecule has 0 radical (unpaired) electrons. The Morgan fingerprint density at radius 3 is 2.29 bits per heavy atom. The van der Waals surface area contributed by atoms with Gasteiger partial charge < -0.3 is 9.64 Å². The van der Waals surface area contributed by atoms with Crippen LogP contribution in [0.15, 0.2) is 42.6 Å². The third-order valence-electron chi connectivity index (χ3n) is 7.44. The highest BCUT2D eigenvalue weighted by molar-refractivity contribution is 6.00. The predicted molar refractivity (Wildman–Crippen MR) is 141 cm³/mol. The number of rotatable bonds is 5. The molecule has 2 aromatic heterocycles. The predicted octanol–water partition coefficient (Wildman–Crippen LogP) is 5.88. The fraction of sp³-hybridized carbons (Fsp3) is 0.345. The van der Waals surface area contributed by atoms with Gasteiger partial charge in [0, 0.05) is 54.5 Å². The molecule has 0 bridgehead atoms. The van der Waals surface area contributed by atoms with Crippen LogP contribution in [0.25, 0.3) is 16.9 Å². The largest absolute Gasteiger partial charge is 0.497 e. The van der Waals surface area contributed by atoms with E-state index in [0.29, 0.717) is 21.9 Å². The summed E-state index contributed by atoms with van der Waals surface area (Å²) in [7, 11) is 1.47. The molecule has 13 heteroatoms. The van der Waals surface area contributed by atoms with Crippen molar-refractivity contribution in [2.45, 2.75) is 45.6 Å². The van der Waals surface area contributed by atoms with Gasteiger partial charge in [-0.3, -0.25) is 9.69 Å². The van der Waals surface area contributed by atoms with Gasteiger partial charge in [-0.2, -0.15) is 18.3 Å². The van der Waals surface area contributed by atoms with Crippen molar-refractivity contribution < 1.29 is 35.9 Å². The van der Waals surface area contributed by atoms with E-state index in [1.807, 2.05) is 0 Å². The number of carbonyl (C=O) groups is 1. The number of halogens is 6. The highest BCUT2D eigenvalue weighted by Gasteiger charge is 2.40. The lowest BCUT2D eigenvalue weighted by molar-refractivity contribution is -0.143. The average Bonchev–Trinajstić information content (AvgIpc) is 3.33. The topological polar surface area (TPSA) is 63.0 Å². The third kappa shape index (κ3) is 5.28. The van der Waals surface area contributed by atoms with Crippen LogP contribution in [0.4, 0.5) is 26.3 Å². The lowest BCUT2D eigenvalue weighted by Gasteiger charge is -2.44. The number of hydrogen-bond acceptors (Lipinski definition) is 5. The molecular formula is C29H27F6N5O2. The molecule has 5 rings (SSSR count). The Labute approximate surface area is 237 Å². The van der Waals surface area contributed by atoms with Crippen molar-refractivity contribution in [3.63, 3.8) is 0 Å². The Kier molecular flexibility index (Phi) is 7.64. The molecule has 2 aromatic carbocycles. The van der Waals surface area contributed by atoms with Gasteiger partial charge in [0.25, 0.3) is 5.91 Å². The SMILES string of the molecule is COc1ccc(-c2nc3c(C(=O)N4[C@H](C)CN(Cc5cc(F)cc(F)c5F)C[C@H]4C)cnn3c(C(F)(F)F)c2C)cc1. The van der Waals surface area contributed by atoms with E-state index in [1.165, 1.54) is 18.9 Å². The first kappa shape index (κ1) is 29.4. The molecule has 4 aromatic rings. The maximum atomic E-state index is 14.3. The van der Waals surface area contributed by atoms with Gasteiger partial charge in [0.1, 0.15) is 17.1 Å². The molecule has 0 spiro atoms. The van der Waals surface area contributed by atoms with E-state index >= 15 is 0 Å². The van der Waals surface area contributed by atoms with E-state index in [1.54, 1.807) is 43.0 Å². The molecule has 1 saturated heterocycles. The number of fused-ring (bicyclic) bond motifs is 1. The molecule has 1 amide bonds.